The SMILES string of the molecule is CC(C)c1nsc(Cn2cnc3ccccc3c2=O)n1. The van der Waals surface area contributed by atoms with Gasteiger partial charge < -0.3 is 0 Å². The fourth-order valence-electron chi connectivity index (χ4n) is 1.93. The summed E-state index contributed by atoms with van der Waals surface area (Å²) in [6.07, 6.45) is 1.57. The fraction of sp³-hybridized carbons (Fsp3) is 0.286. The number of rotatable bonds is 3. The highest BCUT2D eigenvalue weighted by molar-refractivity contribution is 7.05. The number of nitrogens with zero attached hydrogens (tertiary/aromatic N) is 4. The van der Waals surface area contributed by atoms with Gasteiger partial charge in [0.15, 0.2) is 0 Å². The maximum atomic E-state index is 12.4. The van der Waals surface area contributed by atoms with Crippen molar-refractivity contribution in [3.63, 3.8) is 0 Å². The molecule has 0 aliphatic carbocycles. The van der Waals surface area contributed by atoms with Gasteiger partial charge in [-0.15, -0.1) is 0 Å². The molecule has 0 bridgehead atoms. The summed E-state index contributed by atoms with van der Waals surface area (Å²) in [5.41, 5.74) is 0.672. The van der Waals surface area contributed by atoms with Crippen molar-refractivity contribution >= 4 is 22.4 Å². The number of aromatic nitrogens is 4. The molecule has 3 rings (SSSR count). The van der Waals surface area contributed by atoms with E-state index in [1.54, 1.807) is 17.0 Å². The number of benzene rings is 1. The Bertz CT molecular complexity index is 806. The lowest BCUT2D eigenvalue weighted by Gasteiger charge is -2.03. The van der Waals surface area contributed by atoms with Crippen molar-refractivity contribution in [1.82, 2.24) is 18.9 Å². The molecule has 0 atom stereocenters. The van der Waals surface area contributed by atoms with Gasteiger partial charge >= 0.3 is 0 Å². The first-order valence-corrected chi connectivity index (χ1v) is 7.19. The molecule has 0 aliphatic rings. The van der Waals surface area contributed by atoms with Crippen LogP contribution in [0.15, 0.2) is 35.4 Å². The van der Waals surface area contributed by atoms with Crippen molar-refractivity contribution in [2.75, 3.05) is 0 Å². The van der Waals surface area contributed by atoms with Gasteiger partial charge in [-0.05, 0) is 23.7 Å². The molecule has 2 aromatic heterocycles. The van der Waals surface area contributed by atoms with Crippen LogP contribution in [0.5, 0.6) is 0 Å². The van der Waals surface area contributed by atoms with Crippen molar-refractivity contribution in [1.29, 1.82) is 0 Å². The Morgan fingerprint density at radius 3 is 2.85 bits per heavy atom. The Balaban J connectivity index is 1.98. The predicted molar refractivity (Wildman–Crippen MR) is 79.1 cm³/mol. The molecule has 0 unspecified atom stereocenters. The molecule has 0 radical (unpaired) electrons. The molecule has 0 amide bonds. The third-order valence-corrected chi connectivity index (χ3v) is 3.75. The summed E-state index contributed by atoms with van der Waals surface area (Å²) in [6, 6.07) is 7.35. The lowest BCUT2D eigenvalue weighted by Crippen LogP contribution is -2.21. The van der Waals surface area contributed by atoms with E-state index in [9.17, 15) is 4.79 Å². The standard InChI is InChI=1S/C14H14N4OS/c1-9(2)13-16-12(20-17-13)7-18-8-15-11-6-4-3-5-10(11)14(18)19/h3-6,8-9H,7H2,1-2H3. The van der Waals surface area contributed by atoms with E-state index in [0.717, 1.165) is 10.8 Å². The molecule has 0 saturated heterocycles. The topological polar surface area (TPSA) is 60.7 Å². The quantitative estimate of drug-likeness (QED) is 0.742. The Hall–Kier alpha value is -2.08. The summed E-state index contributed by atoms with van der Waals surface area (Å²) in [6.45, 7) is 4.52. The highest BCUT2D eigenvalue weighted by atomic mass is 32.1. The zero-order valence-electron chi connectivity index (χ0n) is 11.3. The zero-order valence-corrected chi connectivity index (χ0v) is 12.1. The van der Waals surface area contributed by atoms with E-state index >= 15 is 0 Å². The van der Waals surface area contributed by atoms with Gasteiger partial charge in [-0.2, -0.15) is 4.37 Å². The van der Waals surface area contributed by atoms with Crippen LogP contribution in [0.4, 0.5) is 0 Å². The van der Waals surface area contributed by atoms with E-state index in [2.05, 4.69) is 28.2 Å². The van der Waals surface area contributed by atoms with Gasteiger partial charge in [0.05, 0.1) is 23.8 Å². The lowest BCUT2D eigenvalue weighted by atomic mass is 10.2. The molecule has 0 spiro atoms. The minimum absolute atomic E-state index is 0.0445. The molecule has 2 heterocycles. The summed E-state index contributed by atoms with van der Waals surface area (Å²) in [5.74, 6) is 1.12. The maximum absolute atomic E-state index is 12.4. The van der Waals surface area contributed by atoms with Crippen LogP contribution in [-0.4, -0.2) is 18.9 Å². The molecule has 0 saturated carbocycles. The van der Waals surface area contributed by atoms with Gasteiger partial charge in [0.2, 0.25) is 0 Å². The molecule has 0 N–H and O–H groups in total. The molecule has 5 nitrogen and oxygen atoms in total. The van der Waals surface area contributed by atoms with Crippen LogP contribution >= 0.6 is 11.5 Å². The lowest BCUT2D eigenvalue weighted by molar-refractivity contribution is 0.728. The normalized spacial score (nSPS) is 11.3. The van der Waals surface area contributed by atoms with Gasteiger partial charge in [-0.25, -0.2) is 9.97 Å². The third kappa shape index (κ3) is 2.34. The fourth-order valence-corrected chi connectivity index (χ4v) is 2.71. The molecular formula is C14H14N4OS. The summed E-state index contributed by atoms with van der Waals surface area (Å²) < 4.78 is 5.87. The predicted octanol–water partition coefficient (Wildman–Crippen LogP) is 2.42. The van der Waals surface area contributed by atoms with Crippen LogP contribution in [0.3, 0.4) is 0 Å². The Labute approximate surface area is 120 Å². The van der Waals surface area contributed by atoms with E-state index in [4.69, 9.17) is 0 Å². The summed E-state index contributed by atoms with van der Waals surface area (Å²) in [4.78, 5) is 21.1. The van der Waals surface area contributed by atoms with Gasteiger partial charge in [0, 0.05) is 5.92 Å². The number of para-hydroxylation sites is 1. The average molecular weight is 286 g/mol. The van der Waals surface area contributed by atoms with Crippen LogP contribution < -0.4 is 5.56 Å². The Morgan fingerprint density at radius 2 is 2.10 bits per heavy atom. The zero-order chi connectivity index (χ0) is 14.1. The number of fused-ring (bicyclic) bond motifs is 1. The molecule has 6 heteroatoms. The average Bonchev–Trinajstić information content (AvgIpc) is 2.91. The van der Waals surface area contributed by atoms with Crippen LogP contribution in [0.25, 0.3) is 10.9 Å². The molecular weight excluding hydrogens is 272 g/mol. The minimum Gasteiger partial charge on any atom is -0.292 e. The first kappa shape index (κ1) is 12.9. The van der Waals surface area contributed by atoms with Crippen molar-refractivity contribution in [2.24, 2.45) is 0 Å². The van der Waals surface area contributed by atoms with E-state index in [0.29, 0.717) is 23.4 Å². The summed E-state index contributed by atoms with van der Waals surface area (Å²) in [7, 11) is 0. The van der Waals surface area contributed by atoms with Crippen molar-refractivity contribution < 1.29 is 0 Å². The smallest absolute Gasteiger partial charge is 0.261 e. The van der Waals surface area contributed by atoms with Crippen molar-refractivity contribution in [2.45, 2.75) is 26.3 Å². The highest BCUT2D eigenvalue weighted by Gasteiger charge is 2.10. The van der Waals surface area contributed by atoms with E-state index in [1.165, 1.54) is 11.5 Å². The molecule has 0 fully saturated rings. The summed E-state index contributed by atoms with van der Waals surface area (Å²) in [5, 5.41) is 1.46. The molecule has 102 valence electrons. The van der Waals surface area contributed by atoms with Gasteiger partial charge in [-0.1, -0.05) is 26.0 Å². The van der Waals surface area contributed by atoms with Crippen LogP contribution in [0.1, 0.15) is 30.6 Å². The van der Waals surface area contributed by atoms with Crippen LogP contribution in [-0.2, 0) is 6.54 Å². The van der Waals surface area contributed by atoms with E-state index in [-0.39, 0.29) is 5.56 Å². The Morgan fingerprint density at radius 1 is 1.30 bits per heavy atom. The summed E-state index contributed by atoms with van der Waals surface area (Å²) >= 11 is 1.34. The minimum atomic E-state index is -0.0445. The van der Waals surface area contributed by atoms with Crippen LogP contribution in [0.2, 0.25) is 0 Å². The first-order valence-electron chi connectivity index (χ1n) is 6.42. The molecule has 0 aliphatic heterocycles. The van der Waals surface area contributed by atoms with Crippen molar-refractivity contribution in [3.8, 4) is 0 Å². The molecule has 20 heavy (non-hydrogen) atoms. The van der Waals surface area contributed by atoms with Gasteiger partial charge in [0.25, 0.3) is 5.56 Å². The number of hydrogen-bond acceptors (Lipinski definition) is 5. The van der Waals surface area contributed by atoms with Gasteiger partial charge in [-0.3, -0.25) is 9.36 Å². The van der Waals surface area contributed by atoms with E-state index < -0.39 is 0 Å². The molecule has 3 aromatic rings. The van der Waals surface area contributed by atoms with Gasteiger partial charge in [0.1, 0.15) is 10.8 Å². The second-order valence-electron chi connectivity index (χ2n) is 4.90. The van der Waals surface area contributed by atoms with E-state index in [1.807, 2.05) is 18.2 Å². The second kappa shape index (κ2) is 5.13. The maximum Gasteiger partial charge on any atom is 0.261 e. The molecule has 1 aromatic carbocycles. The monoisotopic (exact) mass is 286 g/mol. The van der Waals surface area contributed by atoms with Crippen LogP contribution in [0, 0.1) is 0 Å². The Kier molecular flexibility index (Phi) is 3.31. The highest BCUT2D eigenvalue weighted by Crippen LogP contribution is 2.14. The van der Waals surface area contributed by atoms with Crippen molar-refractivity contribution in [3.05, 3.63) is 51.8 Å². The largest absolute Gasteiger partial charge is 0.292 e. The third-order valence-electron chi connectivity index (χ3n) is 3.04. The number of hydrogen-bond donors (Lipinski definition) is 0. The first-order chi connectivity index (χ1) is 9.65. The second-order valence-corrected chi connectivity index (χ2v) is 5.73.